The average Bonchev–Trinajstić information content (AvgIpc) is 3.15. The van der Waals surface area contributed by atoms with Crippen LogP contribution in [0.4, 0.5) is 0 Å². The Morgan fingerprint density at radius 1 is 1.05 bits per heavy atom. The average molecular weight is 309 g/mol. The van der Waals surface area contributed by atoms with Crippen molar-refractivity contribution in [3.8, 4) is 0 Å². The summed E-state index contributed by atoms with van der Waals surface area (Å²) in [6.45, 7) is 1.99. The minimum atomic E-state index is 0.506. The number of benzene rings is 1. The van der Waals surface area contributed by atoms with Gasteiger partial charge >= 0.3 is 0 Å². The number of hydrogen-bond acceptors (Lipinski definition) is 2. The molecule has 1 aliphatic rings. The van der Waals surface area contributed by atoms with E-state index in [1.54, 1.807) is 0 Å². The van der Waals surface area contributed by atoms with Crippen LogP contribution < -0.4 is 0 Å². The van der Waals surface area contributed by atoms with Crippen molar-refractivity contribution in [2.75, 3.05) is 6.54 Å². The molecule has 3 aromatic rings. The molecule has 4 rings (SSSR count). The molecular weight excluding hydrogens is 290 g/mol. The van der Waals surface area contributed by atoms with Gasteiger partial charge < -0.3 is 4.57 Å². The number of nitrogens with zero attached hydrogens (tertiary/aromatic N) is 3. The summed E-state index contributed by atoms with van der Waals surface area (Å²) in [6.07, 6.45) is 6.67. The Morgan fingerprint density at radius 3 is 2.68 bits per heavy atom. The lowest BCUT2D eigenvalue weighted by Crippen LogP contribution is -2.26. The fraction of sp³-hybridized carbons (Fsp3) is 0.278. The molecule has 4 heteroatoms. The smallest absolute Gasteiger partial charge is 0.185 e. The van der Waals surface area contributed by atoms with Gasteiger partial charge in [-0.15, -0.1) is 0 Å². The third kappa shape index (κ3) is 2.38. The van der Waals surface area contributed by atoms with Gasteiger partial charge in [0.2, 0.25) is 0 Å². The van der Waals surface area contributed by atoms with Gasteiger partial charge in [0, 0.05) is 25.0 Å². The largest absolute Gasteiger partial charge is 0.309 e. The second-order valence-corrected chi connectivity index (χ2v) is 6.26. The first kappa shape index (κ1) is 13.7. The van der Waals surface area contributed by atoms with Crippen LogP contribution in [0.3, 0.4) is 0 Å². The van der Waals surface area contributed by atoms with Crippen LogP contribution in [0.25, 0.3) is 5.52 Å². The lowest BCUT2D eigenvalue weighted by molar-refractivity contribution is 0.201. The molecule has 0 bridgehead atoms. The summed E-state index contributed by atoms with van der Waals surface area (Å²) in [6, 6.07) is 17.5. The third-order valence-corrected chi connectivity index (χ3v) is 4.94. The topological polar surface area (TPSA) is 12.6 Å². The molecule has 3 heterocycles. The number of pyridine rings is 1. The highest BCUT2D eigenvalue weighted by atomic mass is 32.1. The zero-order valence-corrected chi connectivity index (χ0v) is 13.2. The van der Waals surface area contributed by atoms with E-state index in [2.05, 4.69) is 62.5 Å². The third-order valence-electron chi connectivity index (χ3n) is 4.51. The molecule has 0 N–H and O–H groups in total. The van der Waals surface area contributed by atoms with Gasteiger partial charge in [0.1, 0.15) is 0 Å². The van der Waals surface area contributed by atoms with E-state index in [0.29, 0.717) is 6.04 Å². The standard InChI is InChI=1S/C18H19N3S/c22-18-20(13-16-9-4-5-12-21(16)18)14-19-11-6-10-17(19)15-7-2-1-3-8-15/h1-5,7-9,12-13,17H,6,10-11,14H2. The highest BCUT2D eigenvalue weighted by Crippen LogP contribution is 2.32. The van der Waals surface area contributed by atoms with Crippen molar-refractivity contribution in [2.45, 2.75) is 25.6 Å². The monoisotopic (exact) mass is 309 g/mol. The molecule has 1 atom stereocenters. The molecule has 1 unspecified atom stereocenters. The van der Waals surface area contributed by atoms with Crippen LogP contribution in [0.2, 0.25) is 0 Å². The van der Waals surface area contributed by atoms with E-state index in [-0.39, 0.29) is 0 Å². The summed E-state index contributed by atoms with van der Waals surface area (Å²) < 4.78 is 5.13. The molecule has 0 aliphatic carbocycles. The maximum atomic E-state index is 5.62. The van der Waals surface area contributed by atoms with Crippen molar-refractivity contribution in [3.05, 3.63) is 71.3 Å². The second-order valence-electron chi connectivity index (χ2n) is 5.90. The Morgan fingerprint density at radius 2 is 1.86 bits per heavy atom. The number of fused-ring (bicyclic) bond motifs is 1. The van der Waals surface area contributed by atoms with Crippen LogP contribution in [-0.4, -0.2) is 20.4 Å². The van der Waals surface area contributed by atoms with Gasteiger partial charge in [-0.05, 0) is 42.8 Å². The number of rotatable bonds is 3. The van der Waals surface area contributed by atoms with Crippen LogP contribution in [0.5, 0.6) is 0 Å². The van der Waals surface area contributed by atoms with Gasteiger partial charge in [-0.25, -0.2) is 0 Å². The van der Waals surface area contributed by atoms with Gasteiger partial charge in [-0.3, -0.25) is 9.30 Å². The summed E-state index contributed by atoms with van der Waals surface area (Å²) in [5.74, 6) is 0. The fourth-order valence-corrected chi connectivity index (χ4v) is 3.71. The zero-order valence-electron chi connectivity index (χ0n) is 12.4. The summed E-state index contributed by atoms with van der Waals surface area (Å²) in [5, 5.41) is 0. The fourth-order valence-electron chi connectivity index (χ4n) is 3.43. The molecule has 0 spiro atoms. The van der Waals surface area contributed by atoms with Crippen molar-refractivity contribution in [2.24, 2.45) is 0 Å². The van der Waals surface area contributed by atoms with E-state index in [1.807, 2.05) is 12.3 Å². The lowest BCUT2D eigenvalue weighted by atomic mass is 10.1. The molecule has 3 nitrogen and oxygen atoms in total. The van der Waals surface area contributed by atoms with Gasteiger partial charge in [0.05, 0.1) is 12.2 Å². The van der Waals surface area contributed by atoms with Crippen LogP contribution in [0.15, 0.2) is 60.9 Å². The first-order valence-corrected chi connectivity index (χ1v) is 8.19. The molecule has 1 saturated heterocycles. The number of imidazole rings is 1. The van der Waals surface area contributed by atoms with E-state index in [9.17, 15) is 0 Å². The first-order chi connectivity index (χ1) is 10.8. The molecule has 1 fully saturated rings. The summed E-state index contributed by atoms with van der Waals surface area (Å²) in [5.41, 5.74) is 2.57. The molecule has 1 aromatic carbocycles. The molecule has 0 amide bonds. The van der Waals surface area contributed by atoms with E-state index in [4.69, 9.17) is 12.2 Å². The maximum Gasteiger partial charge on any atom is 0.185 e. The highest BCUT2D eigenvalue weighted by molar-refractivity contribution is 7.71. The van der Waals surface area contributed by atoms with Gasteiger partial charge in [-0.2, -0.15) is 0 Å². The van der Waals surface area contributed by atoms with Crippen molar-refractivity contribution >= 4 is 17.7 Å². The molecule has 112 valence electrons. The van der Waals surface area contributed by atoms with Crippen LogP contribution >= 0.6 is 12.2 Å². The van der Waals surface area contributed by atoms with E-state index in [0.717, 1.165) is 23.5 Å². The number of hydrogen-bond donors (Lipinski definition) is 0. The predicted molar refractivity (Wildman–Crippen MR) is 91.3 cm³/mol. The van der Waals surface area contributed by atoms with E-state index >= 15 is 0 Å². The molecule has 0 radical (unpaired) electrons. The van der Waals surface area contributed by atoms with Gasteiger partial charge in [-0.1, -0.05) is 36.4 Å². The van der Waals surface area contributed by atoms with Gasteiger partial charge in [0.25, 0.3) is 0 Å². The molecule has 2 aromatic heterocycles. The normalized spacial score (nSPS) is 19.0. The van der Waals surface area contributed by atoms with Crippen molar-refractivity contribution in [1.82, 2.24) is 13.9 Å². The van der Waals surface area contributed by atoms with Crippen molar-refractivity contribution < 1.29 is 0 Å². The second kappa shape index (κ2) is 5.71. The summed E-state index contributed by atoms with van der Waals surface area (Å²) in [4.78, 5) is 2.53. The van der Waals surface area contributed by atoms with Crippen molar-refractivity contribution in [1.29, 1.82) is 0 Å². The van der Waals surface area contributed by atoms with Crippen LogP contribution in [0, 0.1) is 4.77 Å². The summed E-state index contributed by atoms with van der Waals surface area (Å²) >= 11 is 5.62. The minimum Gasteiger partial charge on any atom is -0.309 e. The quantitative estimate of drug-likeness (QED) is 0.670. The molecule has 0 saturated carbocycles. The molecular formula is C18H19N3S. The molecule has 1 aliphatic heterocycles. The predicted octanol–water partition coefficient (Wildman–Crippen LogP) is 4.26. The Kier molecular flexibility index (Phi) is 3.56. The Hall–Kier alpha value is -1.91. The van der Waals surface area contributed by atoms with Crippen LogP contribution in [0.1, 0.15) is 24.4 Å². The Labute approximate surface area is 135 Å². The minimum absolute atomic E-state index is 0.506. The van der Waals surface area contributed by atoms with Crippen molar-refractivity contribution in [3.63, 3.8) is 0 Å². The maximum absolute atomic E-state index is 5.62. The Balaban J connectivity index is 1.64. The molecule has 22 heavy (non-hydrogen) atoms. The number of aromatic nitrogens is 2. The summed E-state index contributed by atoms with van der Waals surface area (Å²) in [7, 11) is 0. The van der Waals surface area contributed by atoms with Gasteiger partial charge in [0.15, 0.2) is 4.77 Å². The van der Waals surface area contributed by atoms with Crippen LogP contribution in [-0.2, 0) is 6.67 Å². The first-order valence-electron chi connectivity index (χ1n) is 7.78. The highest BCUT2D eigenvalue weighted by Gasteiger charge is 2.26. The number of likely N-dealkylation sites (tertiary alicyclic amines) is 1. The SMILES string of the molecule is S=c1n(CN2CCCC2c2ccccc2)cc2ccccn12. The lowest BCUT2D eigenvalue weighted by Gasteiger charge is -2.25. The van der Waals surface area contributed by atoms with E-state index < -0.39 is 0 Å². The Bertz CT molecular complexity index is 834. The zero-order chi connectivity index (χ0) is 14.9. The van der Waals surface area contributed by atoms with E-state index in [1.165, 1.54) is 18.4 Å².